The first-order valence-electron chi connectivity index (χ1n) is 13.3. The number of halogens is 1. The first kappa shape index (κ1) is 30.8. The first-order chi connectivity index (χ1) is 18.1. The van der Waals surface area contributed by atoms with Gasteiger partial charge in [0.1, 0.15) is 0 Å². The molecule has 0 aliphatic carbocycles. The highest BCUT2D eigenvalue weighted by atomic mass is 19.1. The van der Waals surface area contributed by atoms with Gasteiger partial charge in [0.25, 0.3) is 0 Å². The van der Waals surface area contributed by atoms with Gasteiger partial charge in [-0.25, -0.2) is 9.37 Å². The SMILES string of the molecule is C=C(/C=C\C=C/C)N/C(=C\N)C(C)(C)NC(=O)C1CCN(c2nc(N(CCC)C[C@@H](C)NC)ncc2F)C1. The monoisotopic (exact) mass is 528 g/mol. The predicted octanol–water partition coefficient (Wildman–Crippen LogP) is 3.20. The van der Waals surface area contributed by atoms with Gasteiger partial charge in [-0.2, -0.15) is 4.98 Å². The van der Waals surface area contributed by atoms with E-state index in [2.05, 4.69) is 51.2 Å². The maximum atomic E-state index is 14.8. The molecule has 2 rings (SSSR count). The molecule has 1 aliphatic heterocycles. The molecule has 210 valence electrons. The van der Waals surface area contributed by atoms with E-state index in [-0.39, 0.29) is 23.7 Å². The Bertz CT molecular complexity index is 1040. The molecule has 9 nitrogen and oxygen atoms in total. The van der Waals surface area contributed by atoms with E-state index in [9.17, 15) is 9.18 Å². The number of aromatic nitrogens is 2. The van der Waals surface area contributed by atoms with Crippen LogP contribution in [0.3, 0.4) is 0 Å². The van der Waals surface area contributed by atoms with Crippen LogP contribution in [0.25, 0.3) is 0 Å². The van der Waals surface area contributed by atoms with E-state index in [4.69, 9.17) is 5.73 Å². The summed E-state index contributed by atoms with van der Waals surface area (Å²) in [6, 6.07) is 0.227. The number of amides is 1. The maximum absolute atomic E-state index is 14.8. The van der Waals surface area contributed by atoms with Gasteiger partial charge in [0.05, 0.1) is 23.4 Å². The number of carbonyl (C=O) groups excluding carboxylic acids is 1. The summed E-state index contributed by atoms with van der Waals surface area (Å²) in [5, 5.41) is 9.48. The molecule has 2 atom stereocenters. The van der Waals surface area contributed by atoms with Crippen molar-refractivity contribution in [2.75, 3.05) is 43.0 Å². The van der Waals surface area contributed by atoms with Gasteiger partial charge in [-0.05, 0) is 53.7 Å². The summed E-state index contributed by atoms with van der Waals surface area (Å²) in [6.07, 6.45) is 11.7. The number of hydrogen-bond donors (Lipinski definition) is 4. The molecule has 0 saturated carbocycles. The molecule has 5 N–H and O–H groups in total. The van der Waals surface area contributed by atoms with Gasteiger partial charge in [0.15, 0.2) is 11.6 Å². The number of nitrogens with two attached hydrogens (primary N) is 1. The molecule has 1 fully saturated rings. The summed E-state index contributed by atoms with van der Waals surface area (Å²) < 4.78 is 14.8. The lowest BCUT2D eigenvalue weighted by Crippen LogP contribution is -2.51. The molecule has 1 saturated heterocycles. The molecule has 38 heavy (non-hydrogen) atoms. The number of hydrogen-bond acceptors (Lipinski definition) is 8. The summed E-state index contributed by atoms with van der Waals surface area (Å²) in [4.78, 5) is 26.0. The second-order valence-corrected chi connectivity index (χ2v) is 10.1. The van der Waals surface area contributed by atoms with E-state index in [0.29, 0.717) is 43.4 Å². The summed E-state index contributed by atoms with van der Waals surface area (Å²) in [5.74, 6) is -0.211. The van der Waals surface area contributed by atoms with E-state index in [1.807, 2.05) is 57.0 Å². The highest BCUT2D eigenvalue weighted by Gasteiger charge is 2.35. The zero-order chi connectivity index (χ0) is 28.3. The Labute approximate surface area is 227 Å². The fourth-order valence-corrected chi connectivity index (χ4v) is 4.24. The molecule has 1 aromatic rings. The molecule has 0 aromatic carbocycles. The average molecular weight is 529 g/mol. The molecular formula is C28H45FN8O. The molecule has 2 heterocycles. The standard InChI is InChI=1S/C28H45FN8O/c1-8-10-11-12-20(3)33-24(16-30)28(5,6)35-26(38)22-13-15-36(19-22)25-23(29)17-32-27(34-25)37(14-9-2)18-21(4)31-7/h8,10-12,16-17,21-22,31,33H,3,9,13-15,18-19,30H2,1-2,4-7H3,(H,35,38)/b10-8-,12-11-,24-16-/t21-,22?/m1/s1. The van der Waals surface area contributed by atoms with E-state index < -0.39 is 11.4 Å². The van der Waals surface area contributed by atoms with E-state index in [0.717, 1.165) is 13.0 Å². The molecule has 1 amide bonds. The van der Waals surface area contributed by atoms with Crippen LogP contribution in [0.4, 0.5) is 16.2 Å². The zero-order valence-corrected chi connectivity index (χ0v) is 23.7. The number of nitrogens with one attached hydrogen (secondary N) is 3. The molecule has 0 radical (unpaired) electrons. The van der Waals surface area contributed by atoms with Gasteiger partial charge >= 0.3 is 0 Å². The van der Waals surface area contributed by atoms with Gasteiger partial charge in [-0.1, -0.05) is 31.7 Å². The minimum atomic E-state index is -0.769. The lowest BCUT2D eigenvalue weighted by atomic mass is 9.98. The Morgan fingerprint density at radius 1 is 1.42 bits per heavy atom. The van der Waals surface area contributed by atoms with Crippen LogP contribution in [0.2, 0.25) is 0 Å². The largest absolute Gasteiger partial charge is 0.403 e. The Kier molecular flexibility index (Phi) is 11.8. The smallest absolute Gasteiger partial charge is 0.227 e. The normalized spacial score (nSPS) is 17.3. The Balaban J connectivity index is 2.10. The second-order valence-electron chi connectivity index (χ2n) is 10.1. The second kappa shape index (κ2) is 14.5. The van der Waals surface area contributed by atoms with Crippen LogP contribution in [0.15, 0.2) is 54.7 Å². The first-order valence-corrected chi connectivity index (χ1v) is 13.3. The third-order valence-corrected chi connectivity index (χ3v) is 6.51. The van der Waals surface area contributed by atoms with Crippen molar-refractivity contribution in [3.63, 3.8) is 0 Å². The molecule has 10 heteroatoms. The lowest BCUT2D eigenvalue weighted by Gasteiger charge is -2.31. The topological polar surface area (TPSA) is 111 Å². The van der Waals surface area contributed by atoms with Crippen molar-refractivity contribution >= 4 is 17.7 Å². The van der Waals surface area contributed by atoms with Crippen LogP contribution < -0.4 is 31.5 Å². The van der Waals surface area contributed by atoms with E-state index in [1.54, 1.807) is 0 Å². The minimum Gasteiger partial charge on any atom is -0.403 e. The summed E-state index contributed by atoms with van der Waals surface area (Å²) in [5.41, 5.74) is 6.37. The zero-order valence-electron chi connectivity index (χ0n) is 23.7. The van der Waals surface area contributed by atoms with Crippen LogP contribution in [-0.4, -0.2) is 60.7 Å². The van der Waals surface area contributed by atoms with Crippen LogP contribution in [0, 0.1) is 11.7 Å². The Morgan fingerprint density at radius 3 is 2.79 bits per heavy atom. The quantitative estimate of drug-likeness (QED) is 0.273. The number of nitrogens with zero attached hydrogens (tertiary/aromatic N) is 4. The lowest BCUT2D eigenvalue weighted by molar-refractivity contribution is -0.125. The summed E-state index contributed by atoms with van der Waals surface area (Å²) in [7, 11) is 1.91. The highest BCUT2D eigenvalue weighted by Crippen LogP contribution is 2.27. The molecule has 1 unspecified atom stereocenters. The maximum Gasteiger partial charge on any atom is 0.227 e. The third kappa shape index (κ3) is 8.58. The van der Waals surface area contributed by atoms with Crippen molar-refractivity contribution in [3.05, 3.63) is 60.5 Å². The van der Waals surface area contributed by atoms with Gasteiger partial charge < -0.3 is 31.5 Å². The van der Waals surface area contributed by atoms with Gasteiger partial charge in [-0.3, -0.25) is 4.79 Å². The highest BCUT2D eigenvalue weighted by molar-refractivity contribution is 5.81. The molecule has 1 aromatic heterocycles. The van der Waals surface area contributed by atoms with Crippen LogP contribution >= 0.6 is 0 Å². The van der Waals surface area contributed by atoms with Crippen LogP contribution in [0.5, 0.6) is 0 Å². The number of likely N-dealkylation sites (N-methyl/N-ethyl adjacent to an activating group) is 1. The Hall–Kier alpha value is -3.40. The van der Waals surface area contributed by atoms with E-state index >= 15 is 0 Å². The van der Waals surface area contributed by atoms with Crippen LogP contribution in [-0.2, 0) is 4.79 Å². The fourth-order valence-electron chi connectivity index (χ4n) is 4.24. The molecule has 0 spiro atoms. The fraction of sp³-hybridized carbons (Fsp3) is 0.536. The number of anilines is 2. The summed E-state index contributed by atoms with van der Waals surface area (Å²) in [6.45, 7) is 16.2. The van der Waals surface area contributed by atoms with E-state index in [1.165, 1.54) is 12.4 Å². The average Bonchev–Trinajstić information content (AvgIpc) is 3.37. The van der Waals surface area contributed by atoms with Gasteiger partial charge in [0, 0.05) is 44.1 Å². The predicted molar refractivity (Wildman–Crippen MR) is 154 cm³/mol. The third-order valence-electron chi connectivity index (χ3n) is 6.51. The van der Waals surface area contributed by atoms with Crippen molar-refractivity contribution < 1.29 is 9.18 Å². The van der Waals surface area contributed by atoms with Crippen molar-refractivity contribution in [2.24, 2.45) is 11.7 Å². The van der Waals surface area contributed by atoms with Crippen molar-refractivity contribution in [1.29, 1.82) is 0 Å². The number of allylic oxidation sites excluding steroid dienone is 4. The minimum absolute atomic E-state index is 0.126. The summed E-state index contributed by atoms with van der Waals surface area (Å²) >= 11 is 0. The van der Waals surface area contributed by atoms with Gasteiger partial charge in [-0.15, -0.1) is 0 Å². The number of rotatable bonds is 14. The van der Waals surface area contributed by atoms with Crippen molar-refractivity contribution in [3.8, 4) is 0 Å². The molecule has 0 bridgehead atoms. The van der Waals surface area contributed by atoms with Crippen molar-refractivity contribution in [1.82, 2.24) is 25.9 Å². The van der Waals surface area contributed by atoms with Crippen LogP contribution in [0.1, 0.15) is 47.5 Å². The van der Waals surface area contributed by atoms with Crippen molar-refractivity contribution in [2.45, 2.75) is 59.0 Å². The van der Waals surface area contributed by atoms with Gasteiger partial charge in [0.2, 0.25) is 11.9 Å². The molecular weight excluding hydrogens is 483 g/mol. The molecule has 1 aliphatic rings. The number of carbonyl (C=O) groups is 1. The Morgan fingerprint density at radius 2 is 2.16 bits per heavy atom.